The first-order valence-corrected chi connectivity index (χ1v) is 7.20. The van der Waals surface area contributed by atoms with E-state index in [-0.39, 0.29) is 12.1 Å². The molecule has 3 N–H and O–H groups in total. The van der Waals surface area contributed by atoms with Gasteiger partial charge < -0.3 is 11.1 Å². The van der Waals surface area contributed by atoms with Crippen LogP contribution in [-0.2, 0) is 0 Å². The highest BCUT2D eigenvalue weighted by Crippen LogP contribution is 2.22. The van der Waals surface area contributed by atoms with Gasteiger partial charge in [0.25, 0.3) is 5.91 Å². The van der Waals surface area contributed by atoms with Crippen molar-refractivity contribution in [3.8, 4) is 11.1 Å². The van der Waals surface area contributed by atoms with Gasteiger partial charge in [-0.15, -0.1) is 0 Å². The van der Waals surface area contributed by atoms with Crippen molar-refractivity contribution in [2.75, 3.05) is 6.54 Å². The molecular formula is C18H21FN2O. The maximum atomic E-state index is 14.2. The normalized spacial score (nSPS) is 11.3. The fraction of sp³-hybridized carbons (Fsp3) is 0.278. The van der Waals surface area contributed by atoms with Crippen molar-refractivity contribution in [1.29, 1.82) is 0 Å². The molecule has 0 radical (unpaired) electrons. The van der Waals surface area contributed by atoms with E-state index >= 15 is 0 Å². The van der Waals surface area contributed by atoms with Gasteiger partial charge in [0.1, 0.15) is 5.82 Å². The summed E-state index contributed by atoms with van der Waals surface area (Å²) in [5.41, 5.74) is 8.10. The molecule has 2 aromatic rings. The molecule has 0 aliphatic carbocycles. The van der Waals surface area contributed by atoms with Crippen molar-refractivity contribution >= 4 is 5.91 Å². The van der Waals surface area contributed by atoms with Crippen molar-refractivity contribution in [2.45, 2.75) is 26.3 Å². The number of carbonyl (C=O) groups excluding carboxylic acids is 1. The third-order valence-electron chi connectivity index (χ3n) is 3.30. The molecule has 3 nitrogen and oxygen atoms in total. The lowest BCUT2D eigenvalue weighted by atomic mass is 10.0. The third kappa shape index (κ3) is 4.15. The van der Waals surface area contributed by atoms with Gasteiger partial charge in [-0.05, 0) is 44.0 Å². The maximum Gasteiger partial charge on any atom is 0.254 e. The van der Waals surface area contributed by atoms with Crippen LogP contribution < -0.4 is 11.1 Å². The summed E-state index contributed by atoms with van der Waals surface area (Å²) in [6, 6.07) is 12.4. The summed E-state index contributed by atoms with van der Waals surface area (Å²) in [6.45, 7) is 5.87. The van der Waals surface area contributed by atoms with E-state index in [9.17, 15) is 9.18 Å². The van der Waals surface area contributed by atoms with Crippen LogP contribution in [0.4, 0.5) is 4.39 Å². The fourth-order valence-corrected chi connectivity index (χ4v) is 2.03. The predicted octanol–water partition coefficient (Wildman–Crippen LogP) is 3.27. The highest BCUT2D eigenvalue weighted by molar-refractivity contribution is 5.95. The van der Waals surface area contributed by atoms with Crippen molar-refractivity contribution in [3.63, 3.8) is 0 Å². The molecule has 4 heteroatoms. The van der Waals surface area contributed by atoms with Crippen LogP contribution in [0.3, 0.4) is 0 Å². The van der Waals surface area contributed by atoms with E-state index in [0.717, 1.165) is 16.7 Å². The molecule has 2 rings (SSSR count). The van der Waals surface area contributed by atoms with Crippen LogP contribution >= 0.6 is 0 Å². The minimum Gasteiger partial charge on any atom is -0.350 e. The zero-order valence-corrected chi connectivity index (χ0v) is 13.1. The number of nitrogens with two attached hydrogens (primary N) is 1. The van der Waals surface area contributed by atoms with Crippen molar-refractivity contribution in [1.82, 2.24) is 5.32 Å². The highest BCUT2D eigenvalue weighted by atomic mass is 19.1. The van der Waals surface area contributed by atoms with Gasteiger partial charge in [-0.3, -0.25) is 4.79 Å². The van der Waals surface area contributed by atoms with Gasteiger partial charge in [0.05, 0.1) is 5.56 Å². The number of carbonyl (C=O) groups is 1. The first-order chi connectivity index (χ1) is 10.3. The summed E-state index contributed by atoms with van der Waals surface area (Å²) in [5, 5.41) is 2.64. The average molecular weight is 300 g/mol. The van der Waals surface area contributed by atoms with Crippen molar-refractivity contribution < 1.29 is 9.18 Å². The van der Waals surface area contributed by atoms with E-state index in [2.05, 4.69) is 5.32 Å². The first kappa shape index (κ1) is 16.2. The van der Waals surface area contributed by atoms with Crippen molar-refractivity contribution in [2.24, 2.45) is 5.73 Å². The van der Waals surface area contributed by atoms with Crippen LogP contribution in [0.1, 0.15) is 29.8 Å². The lowest BCUT2D eigenvalue weighted by Crippen LogP contribution is -2.45. The molecule has 0 saturated heterocycles. The summed E-state index contributed by atoms with van der Waals surface area (Å²) in [6.07, 6.45) is 0. The Morgan fingerprint density at radius 3 is 2.27 bits per heavy atom. The van der Waals surface area contributed by atoms with Gasteiger partial charge in [-0.2, -0.15) is 0 Å². The molecule has 2 aromatic carbocycles. The minimum atomic E-state index is -0.537. The van der Waals surface area contributed by atoms with Crippen LogP contribution in [0.15, 0.2) is 42.5 Å². The van der Waals surface area contributed by atoms with E-state index in [4.69, 9.17) is 5.73 Å². The Balaban J connectivity index is 2.19. The fourth-order valence-electron chi connectivity index (χ4n) is 2.03. The smallest absolute Gasteiger partial charge is 0.254 e. The van der Waals surface area contributed by atoms with Gasteiger partial charge in [0.2, 0.25) is 0 Å². The number of halogens is 1. The average Bonchev–Trinajstić information content (AvgIpc) is 2.44. The topological polar surface area (TPSA) is 55.1 Å². The maximum absolute atomic E-state index is 14.2. The molecule has 0 aromatic heterocycles. The van der Waals surface area contributed by atoms with Crippen LogP contribution in [0.5, 0.6) is 0 Å². The molecule has 0 bridgehead atoms. The Hall–Kier alpha value is -2.20. The largest absolute Gasteiger partial charge is 0.350 e. The van der Waals surface area contributed by atoms with E-state index in [1.165, 1.54) is 12.1 Å². The SMILES string of the molecule is Cc1ccc(-c2ccc(C(=O)NCC(C)(C)N)c(F)c2)cc1. The minimum absolute atomic E-state index is 0.0279. The molecular weight excluding hydrogens is 279 g/mol. The first-order valence-electron chi connectivity index (χ1n) is 7.20. The lowest BCUT2D eigenvalue weighted by molar-refractivity contribution is 0.0942. The van der Waals surface area contributed by atoms with E-state index in [1.54, 1.807) is 19.9 Å². The van der Waals surface area contributed by atoms with Crippen LogP contribution in [0.2, 0.25) is 0 Å². The molecule has 116 valence electrons. The van der Waals surface area contributed by atoms with Crippen LogP contribution in [0, 0.1) is 12.7 Å². The second-order valence-electron chi connectivity index (χ2n) is 6.23. The summed E-state index contributed by atoms with van der Waals surface area (Å²) in [7, 11) is 0. The second kappa shape index (κ2) is 6.28. The highest BCUT2D eigenvalue weighted by Gasteiger charge is 2.16. The number of hydrogen-bond donors (Lipinski definition) is 2. The number of aryl methyl sites for hydroxylation is 1. The number of hydrogen-bond acceptors (Lipinski definition) is 2. The quantitative estimate of drug-likeness (QED) is 0.910. The number of rotatable bonds is 4. The monoisotopic (exact) mass is 300 g/mol. The standard InChI is InChI=1S/C18H21FN2O/c1-12-4-6-13(7-5-12)14-8-9-15(16(19)10-14)17(22)21-11-18(2,3)20/h4-10H,11,20H2,1-3H3,(H,21,22). The lowest BCUT2D eigenvalue weighted by Gasteiger charge is -2.19. The summed E-state index contributed by atoms with van der Waals surface area (Å²) < 4.78 is 14.2. The van der Waals surface area contributed by atoms with Crippen LogP contribution in [-0.4, -0.2) is 18.0 Å². The molecule has 0 unspecified atom stereocenters. The number of amides is 1. The molecule has 0 fully saturated rings. The van der Waals surface area contributed by atoms with Crippen LogP contribution in [0.25, 0.3) is 11.1 Å². The van der Waals surface area contributed by atoms with E-state index in [1.807, 2.05) is 31.2 Å². The Morgan fingerprint density at radius 1 is 1.14 bits per heavy atom. The molecule has 22 heavy (non-hydrogen) atoms. The van der Waals surface area contributed by atoms with Crippen molar-refractivity contribution in [3.05, 3.63) is 59.4 Å². The molecule has 0 aliphatic heterocycles. The summed E-state index contributed by atoms with van der Waals surface area (Å²) >= 11 is 0. The predicted molar refractivity (Wildman–Crippen MR) is 87.2 cm³/mol. The Kier molecular flexibility index (Phi) is 4.62. The Labute approximate surface area is 130 Å². The Bertz CT molecular complexity index is 672. The zero-order valence-electron chi connectivity index (χ0n) is 13.1. The van der Waals surface area contributed by atoms with Gasteiger partial charge in [-0.1, -0.05) is 35.9 Å². The molecule has 0 heterocycles. The van der Waals surface area contributed by atoms with Gasteiger partial charge in [0.15, 0.2) is 0 Å². The summed E-state index contributed by atoms with van der Waals surface area (Å²) in [5.74, 6) is -0.989. The number of benzene rings is 2. The zero-order chi connectivity index (χ0) is 16.3. The Morgan fingerprint density at radius 2 is 1.73 bits per heavy atom. The van der Waals surface area contributed by atoms with Gasteiger partial charge in [-0.25, -0.2) is 4.39 Å². The molecule has 1 amide bonds. The van der Waals surface area contributed by atoms with Gasteiger partial charge >= 0.3 is 0 Å². The number of nitrogens with one attached hydrogen (secondary N) is 1. The second-order valence-corrected chi connectivity index (χ2v) is 6.23. The molecule has 0 aliphatic rings. The molecule has 0 spiro atoms. The van der Waals surface area contributed by atoms with E-state index in [0.29, 0.717) is 0 Å². The summed E-state index contributed by atoms with van der Waals surface area (Å²) in [4.78, 5) is 12.0. The third-order valence-corrected chi connectivity index (χ3v) is 3.30. The van der Waals surface area contributed by atoms with Gasteiger partial charge in [0, 0.05) is 12.1 Å². The molecule has 0 saturated carbocycles. The molecule has 0 atom stereocenters. The van der Waals surface area contributed by atoms with E-state index < -0.39 is 17.3 Å².